The van der Waals surface area contributed by atoms with Crippen molar-refractivity contribution in [2.45, 2.75) is 13.1 Å². The van der Waals surface area contributed by atoms with Crippen molar-refractivity contribution in [2.24, 2.45) is 0 Å². The van der Waals surface area contributed by atoms with Crippen LogP contribution in [0.25, 0.3) is 10.9 Å². The first-order chi connectivity index (χ1) is 10.2. The van der Waals surface area contributed by atoms with Crippen molar-refractivity contribution < 1.29 is 9.18 Å². The van der Waals surface area contributed by atoms with Gasteiger partial charge in [-0.2, -0.15) is 0 Å². The average molecular weight is 283 g/mol. The number of hydrogen-bond donors (Lipinski definition) is 1. The fourth-order valence-electron chi connectivity index (χ4n) is 2.20. The van der Waals surface area contributed by atoms with Crippen LogP contribution in [0.15, 0.2) is 54.9 Å². The number of rotatable bonds is 4. The monoisotopic (exact) mass is 283 g/mol. The summed E-state index contributed by atoms with van der Waals surface area (Å²) in [6.07, 6.45) is 3.47. The van der Waals surface area contributed by atoms with Crippen LogP contribution in [-0.4, -0.2) is 15.5 Å². The molecular weight excluding hydrogens is 269 g/mol. The smallest absolute Gasteiger partial charge is 0.240 e. The topological polar surface area (TPSA) is 46.9 Å². The third-order valence-corrected chi connectivity index (χ3v) is 3.24. The Bertz CT molecular complexity index is 768. The van der Waals surface area contributed by atoms with Crippen LogP contribution in [0.2, 0.25) is 0 Å². The summed E-state index contributed by atoms with van der Waals surface area (Å²) in [6.45, 7) is 0.535. The van der Waals surface area contributed by atoms with Crippen molar-refractivity contribution in [1.82, 2.24) is 14.9 Å². The molecule has 1 amide bonds. The molecule has 0 aliphatic heterocycles. The predicted molar refractivity (Wildman–Crippen MR) is 78.0 cm³/mol. The molecule has 21 heavy (non-hydrogen) atoms. The Morgan fingerprint density at radius 1 is 1.24 bits per heavy atom. The second kappa shape index (κ2) is 5.75. The molecule has 0 unspecified atom stereocenters. The SMILES string of the molecule is O=C(Cn1ccc2ccc(F)cc21)NCc1ccccn1. The van der Waals surface area contributed by atoms with Crippen molar-refractivity contribution in [3.8, 4) is 0 Å². The minimum absolute atomic E-state index is 0.137. The lowest BCUT2D eigenvalue weighted by Gasteiger charge is -2.07. The molecule has 3 rings (SSSR count). The van der Waals surface area contributed by atoms with E-state index in [4.69, 9.17) is 0 Å². The predicted octanol–water partition coefficient (Wildman–Crippen LogP) is 2.49. The Kier molecular flexibility index (Phi) is 3.64. The highest BCUT2D eigenvalue weighted by atomic mass is 19.1. The Labute approximate surface area is 121 Å². The van der Waals surface area contributed by atoms with Gasteiger partial charge in [0.2, 0.25) is 5.91 Å². The van der Waals surface area contributed by atoms with Crippen molar-refractivity contribution >= 4 is 16.8 Å². The molecule has 0 radical (unpaired) electrons. The Hall–Kier alpha value is -2.69. The molecular formula is C16H14FN3O. The van der Waals surface area contributed by atoms with E-state index in [0.29, 0.717) is 12.1 Å². The van der Waals surface area contributed by atoms with E-state index in [1.807, 2.05) is 24.3 Å². The number of pyridine rings is 1. The van der Waals surface area contributed by atoms with Gasteiger partial charge in [-0.15, -0.1) is 0 Å². The van der Waals surface area contributed by atoms with E-state index in [1.165, 1.54) is 12.1 Å². The van der Waals surface area contributed by atoms with Crippen molar-refractivity contribution in [3.05, 3.63) is 66.4 Å². The molecule has 5 heteroatoms. The van der Waals surface area contributed by atoms with E-state index in [0.717, 1.165) is 11.1 Å². The highest BCUT2D eigenvalue weighted by molar-refractivity contribution is 5.83. The number of aromatic nitrogens is 2. The first-order valence-corrected chi connectivity index (χ1v) is 6.63. The maximum atomic E-state index is 13.3. The Morgan fingerprint density at radius 3 is 2.95 bits per heavy atom. The number of halogens is 1. The average Bonchev–Trinajstić information content (AvgIpc) is 2.88. The van der Waals surface area contributed by atoms with Gasteiger partial charge in [-0.25, -0.2) is 4.39 Å². The Morgan fingerprint density at radius 2 is 2.14 bits per heavy atom. The van der Waals surface area contributed by atoms with Gasteiger partial charge in [0.1, 0.15) is 12.4 Å². The molecule has 0 saturated carbocycles. The lowest BCUT2D eigenvalue weighted by atomic mass is 10.2. The van der Waals surface area contributed by atoms with Crippen LogP contribution < -0.4 is 5.32 Å². The minimum atomic E-state index is -0.309. The summed E-state index contributed by atoms with van der Waals surface area (Å²) < 4.78 is 15.0. The number of fused-ring (bicyclic) bond motifs is 1. The molecule has 0 atom stereocenters. The lowest BCUT2D eigenvalue weighted by Crippen LogP contribution is -2.27. The second-order valence-electron chi connectivity index (χ2n) is 4.74. The maximum Gasteiger partial charge on any atom is 0.240 e. The van der Waals surface area contributed by atoms with Crippen molar-refractivity contribution in [1.29, 1.82) is 0 Å². The first-order valence-electron chi connectivity index (χ1n) is 6.63. The van der Waals surface area contributed by atoms with Crippen LogP contribution in [0, 0.1) is 5.82 Å². The van der Waals surface area contributed by atoms with Gasteiger partial charge in [0, 0.05) is 12.4 Å². The first kappa shape index (κ1) is 13.3. The third kappa shape index (κ3) is 3.08. The molecule has 0 fully saturated rings. The van der Waals surface area contributed by atoms with E-state index in [1.54, 1.807) is 23.0 Å². The second-order valence-corrected chi connectivity index (χ2v) is 4.74. The van der Waals surface area contributed by atoms with Gasteiger partial charge < -0.3 is 9.88 Å². The fourth-order valence-corrected chi connectivity index (χ4v) is 2.20. The quantitative estimate of drug-likeness (QED) is 0.799. The molecule has 0 spiro atoms. The maximum absolute atomic E-state index is 13.3. The van der Waals surface area contributed by atoms with Gasteiger partial charge in [-0.3, -0.25) is 9.78 Å². The minimum Gasteiger partial charge on any atom is -0.349 e. The number of carbonyl (C=O) groups is 1. The summed E-state index contributed by atoms with van der Waals surface area (Å²) in [6, 6.07) is 12.0. The molecule has 2 heterocycles. The van der Waals surface area contributed by atoms with E-state index in [2.05, 4.69) is 10.3 Å². The lowest BCUT2D eigenvalue weighted by molar-refractivity contribution is -0.121. The van der Waals surface area contributed by atoms with E-state index in [9.17, 15) is 9.18 Å². The summed E-state index contributed by atoms with van der Waals surface area (Å²) >= 11 is 0. The van der Waals surface area contributed by atoms with Crippen LogP contribution >= 0.6 is 0 Å². The van der Waals surface area contributed by atoms with Gasteiger partial charge in [0.15, 0.2) is 0 Å². The van der Waals surface area contributed by atoms with Gasteiger partial charge in [0.25, 0.3) is 0 Å². The number of nitrogens with zero attached hydrogens (tertiary/aromatic N) is 2. The standard InChI is InChI=1S/C16H14FN3O/c17-13-5-4-12-6-8-20(15(12)9-13)11-16(21)19-10-14-3-1-2-7-18-14/h1-9H,10-11H2,(H,19,21). The van der Waals surface area contributed by atoms with Crippen molar-refractivity contribution in [2.75, 3.05) is 0 Å². The fraction of sp³-hybridized carbons (Fsp3) is 0.125. The molecule has 1 aromatic carbocycles. The van der Waals surface area contributed by atoms with Gasteiger partial charge in [-0.05, 0) is 41.8 Å². The molecule has 0 saturated heterocycles. The van der Waals surface area contributed by atoms with E-state index in [-0.39, 0.29) is 18.3 Å². The van der Waals surface area contributed by atoms with Gasteiger partial charge in [-0.1, -0.05) is 6.07 Å². The molecule has 106 valence electrons. The highest BCUT2D eigenvalue weighted by Gasteiger charge is 2.07. The number of hydrogen-bond acceptors (Lipinski definition) is 2. The number of carbonyl (C=O) groups excluding carboxylic acids is 1. The van der Waals surface area contributed by atoms with Crippen LogP contribution in [0.4, 0.5) is 4.39 Å². The largest absolute Gasteiger partial charge is 0.349 e. The van der Waals surface area contributed by atoms with Crippen molar-refractivity contribution in [3.63, 3.8) is 0 Å². The number of benzene rings is 1. The molecule has 0 bridgehead atoms. The molecule has 2 aromatic heterocycles. The van der Waals surface area contributed by atoms with Crippen LogP contribution in [0.1, 0.15) is 5.69 Å². The van der Waals surface area contributed by atoms with E-state index < -0.39 is 0 Å². The zero-order valence-electron chi connectivity index (χ0n) is 11.3. The third-order valence-electron chi connectivity index (χ3n) is 3.24. The van der Waals surface area contributed by atoms with Gasteiger partial charge >= 0.3 is 0 Å². The molecule has 0 aliphatic carbocycles. The molecule has 1 N–H and O–H groups in total. The van der Waals surface area contributed by atoms with Gasteiger partial charge in [0.05, 0.1) is 17.8 Å². The summed E-state index contributed by atoms with van der Waals surface area (Å²) in [5.74, 6) is -0.446. The van der Waals surface area contributed by atoms with E-state index >= 15 is 0 Å². The zero-order valence-corrected chi connectivity index (χ0v) is 11.3. The molecule has 3 aromatic rings. The normalized spacial score (nSPS) is 10.7. The summed E-state index contributed by atoms with van der Waals surface area (Å²) in [5.41, 5.74) is 1.51. The molecule has 4 nitrogen and oxygen atoms in total. The summed E-state index contributed by atoms with van der Waals surface area (Å²) in [5, 5.41) is 3.71. The molecule has 0 aliphatic rings. The Balaban J connectivity index is 1.67. The number of amides is 1. The summed E-state index contributed by atoms with van der Waals surface area (Å²) in [4.78, 5) is 16.1. The van der Waals surface area contributed by atoms with Crippen LogP contribution in [0.5, 0.6) is 0 Å². The zero-order chi connectivity index (χ0) is 14.7. The van der Waals surface area contributed by atoms with Crippen LogP contribution in [0.3, 0.4) is 0 Å². The number of nitrogens with one attached hydrogen (secondary N) is 1. The highest BCUT2D eigenvalue weighted by Crippen LogP contribution is 2.16. The summed E-state index contributed by atoms with van der Waals surface area (Å²) in [7, 11) is 0. The van der Waals surface area contributed by atoms with Crippen LogP contribution in [-0.2, 0) is 17.9 Å².